The van der Waals surface area contributed by atoms with Crippen molar-refractivity contribution in [1.29, 1.82) is 0 Å². The Hall–Kier alpha value is -1.89. The standard InChI is InChI=1S/C14H19NO5S/c1-8-6-21-7-9(8)12(17)15-10(13(18)19)5-11(16)20-14(2,3)4/h6-7,10H,5H2,1-4H3,(H,15,17)(H,18,19)/t10-/m0/s1. The summed E-state index contributed by atoms with van der Waals surface area (Å²) in [6.07, 6.45) is -0.415. The third-order valence-corrected chi connectivity index (χ3v) is 3.36. The highest BCUT2D eigenvalue weighted by atomic mass is 32.1. The third-order valence-electron chi connectivity index (χ3n) is 2.49. The predicted molar refractivity (Wildman–Crippen MR) is 78.4 cm³/mol. The van der Waals surface area contributed by atoms with Gasteiger partial charge in [0, 0.05) is 5.38 Å². The number of carbonyl (C=O) groups is 3. The smallest absolute Gasteiger partial charge is 0.326 e. The lowest BCUT2D eigenvalue weighted by molar-refractivity contribution is -0.158. The highest BCUT2D eigenvalue weighted by Crippen LogP contribution is 2.14. The van der Waals surface area contributed by atoms with Crippen LogP contribution in [0.2, 0.25) is 0 Å². The molecule has 0 aromatic carbocycles. The first kappa shape index (κ1) is 17.2. The number of aliphatic carboxylic acids is 1. The van der Waals surface area contributed by atoms with Crippen LogP contribution in [0.1, 0.15) is 43.1 Å². The zero-order valence-corrected chi connectivity index (χ0v) is 13.2. The molecule has 0 aliphatic rings. The van der Waals surface area contributed by atoms with E-state index in [0.717, 1.165) is 5.56 Å². The molecule has 0 unspecified atom stereocenters. The van der Waals surface area contributed by atoms with Gasteiger partial charge in [-0.15, -0.1) is 0 Å². The normalized spacial score (nSPS) is 12.6. The molecule has 1 amide bonds. The van der Waals surface area contributed by atoms with Crippen LogP contribution in [0.5, 0.6) is 0 Å². The van der Waals surface area contributed by atoms with Gasteiger partial charge in [-0.25, -0.2) is 4.79 Å². The molecule has 0 aliphatic heterocycles. The van der Waals surface area contributed by atoms with E-state index < -0.39 is 35.9 Å². The minimum Gasteiger partial charge on any atom is -0.480 e. The van der Waals surface area contributed by atoms with Crippen molar-refractivity contribution in [2.75, 3.05) is 0 Å². The Morgan fingerprint density at radius 2 is 1.95 bits per heavy atom. The van der Waals surface area contributed by atoms with Crippen LogP contribution in [0.25, 0.3) is 0 Å². The Bertz CT molecular complexity index is 544. The highest BCUT2D eigenvalue weighted by molar-refractivity contribution is 7.08. The van der Waals surface area contributed by atoms with Crippen LogP contribution in [-0.4, -0.2) is 34.6 Å². The van der Waals surface area contributed by atoms with E-state index in [9.17, 15) is 14.4 Å². The number of hydrogen-bond donors (Lipinski definition) is 2. The summed E-state index contributed by atoms with van der Waals surface area (Å²) in [5, 5.41) is 14.9. The van der Waals surface area contributed by atoms with Crippen LogP contribution in [0, 0.1) is 6.92 Å². The SMILES string of the molecule is Cc1cscc1C(=O)N[C@@H](CC(=O)OC(C)(C)C)C(=O)O. The largest absolute Gasteiger partial charge is 0.480 e. The van der Waals surface area contributed by atoms with E-state index in [0.29, 0.717) is 5.56 Å². The monoisotopic (exact) mass is 313 g/mol. The molecule has 1 aromatic heterocycles. The molecule has 0 radical (unpaired) electrons. The van der Waals surface area contributed by atoms with Crippen molar-refractivity contribution in [3.63, 3.8) is 0 Å². The first-order chi connectivity index (χ1) is 9.60. The van der Waals surface area contributed by atoms with Gasteiger partial charge in [-0.1, -0.05) is 0 Å². The molecule has 0 spiro atoms. The van der Waals surface area contributed by atoms with Crippen molar-refractivity contribution in [2.24, 2.45) is 0 Å². The minimum absolute atomic E-state index is 0.412. The Balaban J connectivity index is 2.71. The van der Waals surface area contributed by atoms with Gasteiger partial charge in [0.15, 0.2) is 0 Å². The van der Waals surface area contributed by atoms with Crippen LogP contribution in [0.15, 0.2) is 10.8 Å². The van der Waals surface area contributed by atoms with Crippen molar-refractivity contribution in [3.8, 4) is 0 Å². The number of ether oxygens (including phenoxy) is 1. The van der Waals surface area contributed by atoms with Gasteiger partial charge in [0.2, 0.25) is 0 Å². The van der Waals surface area contributed by atoms with Gasteiger partial charge in [0.25, 0.3) is 5.91 Å². The van der Waals surface area contributed by atoms with Crippen molar-refractivity contribution in [3.05, 3.63) is 21.9 Å². The molecule has 0 aliphatic carbocycles. The van der Waals surface area contributed by atoms with Crippen LogP contribution in [0.3, 0.4) is 0 Å². The molecule has 1 atom stereocenters. The van der Waals surface area contributed by atoms with Crippen LogP contribution in [-0.2, 0) is 14.3 Å². The number of carboxylic acids is 1. The highest BCUT2D eigenvalue weighted by Gasteiger charge is 2.27. The minimum atomic E-state index is -1.31. The Morgan fingerprint density at radius 1 is 1.33 bits per heavy atom. The molecule has 1 aromatic rings. The molecule has 21 heavy (non-hydrogen) atoms. The summed E-state index contributed by atoms with van der Waals surface area (Å²) >= 11 is 1.35. The maximum atomic E-state index is 12.0. The quantitative estimate of drug-likeness (QED) is 0.811. The summed E-state index contributed by atoms with van der Waals surface area (Å²) in [5.41, 5.74) is 0.475. The lowest BCUT2D eigenvalue weighted by Crippen LogP contribution is -2.43. The number of thiophene rings is 1. The Labute approximate surface area is 127 Å². The number of carboxylic acid groups (broad SMARTS) is 1. The number of carbonyl (C=O) groups excluding carboxylic acids is 2. The van der Waals surface area contributed by atoms with Crippen LogP contribution >= 0.6 is 11.3 Å². The molecule has 1 heterocycles. The van der Waals surface area contributed by atoms with Crippen molar-refractivity contribution in [2.45, 2.75) is 45.8 Å². The number of hydrogen-bond acceptors (Lipinski definition) is 5. The zero-order valence-electron chi connectivity index (χ0n) is 12.4. The van der Waals surface area contributed by atoms with Gasteiger partial charge >= 0.3 is 11.9 Å². The molecule has 6 nitrogen and oxygen atoms in total. The summed E-state index contributed by atoms with van der Waals surface area (Å²) in [6, 6.07) is -1.31. The van der Waals surface area contributed by atoms with E-state index in [1.807, 2.05) is 0 Å². The van der Waals surface area contributed by atoms with Gasteiger partial charge in [0.05, 0.1) is 12.0 Å². The molecular weight excluding hydrogens is 294 g/mol. The maximum absolute atomic E-state index is 12.0. The lowest BCUT2D eigenvalue weighted by Gasteiger charge is -2.21. The van der Waals surface area contributed by atoms with E-state index in [1.165, 1.54) is 11.3 Å². The first-order valence-electron chi connectivity index (χ1n) is 6.38. The number of esters is 1. The maximum Gasteiger partial charge on any atom is 0.326 e. The predicted octanol–water partition coefficient (Wildman–Crippen LogP) is 1.97. The van der Waals surface area contributed by atoms with Gasteiger partial charge in [-0.2, -0.15) is 11.3 Å². The molecule has 7 heteroatoms. The molecule has 116 valence electrons. The number of aryl methyl sites for hydroxylation is 1. The average molecular weight is 313 g/mol. The molecule has 2 N–H and O–H groups in total. The molecule has 1 rings (SSSR count). The lowest BCUT2D eigenvalue weighted by atomic mass is 10.1. The van der Waals surface area contributed by atoms with Crippen LogP contribution < -0.4 is 5.32 Å². The van der Waals surface area contributed by atoms with Crippen molar-refractivity contribution < 1.29 is 24.2 Å². The summed E-state index contributed by atoms with van der Waals surface area (Å²) in [5.74, 6) is -2.45. The molecule has 0 bridgehead atoms. The van der Waals surface area contributed by atoms with E-state index in [4.69, 9.17) is 9.84 Å². The molecule has 0 saturated carbocycles. The van der Waals surface area contributed by atoms with E-state index in [2.05, 4.69) is 5.32 Å². The summed E-state index contributed by atoms with van der Waals surface area (Å²) in [7, 11) is 0. The summed E-state index contributed by atoms with van der Waals surface area (Å²) < 4.78 is 5.06. The number of nitrogens with one attached hydrogen (secondary N) is 1. The van der Waals surface area contributed by atoms with Crippen LogP contribution in [0.4, 0.5) is 0 Å². The zero-order chi connectivity index (χ0) is 16.2. The average Bonchev–Trinajstić information content (AvgIpc) is 2.71. The Kier molecular flexibility index (Phi) is 5.48. The second-order valence-electron chi connectivity index (χ2n) is 5.62. The van der Waals surface area contributed by atoms with E-state index in [1.54, 1.807) is 38.5 Å². The van der Waals surface area contributed by atoms with Gasteiger partial charge in [0.1, 0.15) is 11.6 Å². The van der Waals surface area contributed by atoms with Gasteiger partial charge < -0.3 is 15.2 Å². The summed E-state index contributed by atoms with van der Waals surface area (Å²) in [6.45, 7) is 6.82. The van der Waals surface area contributed by atoms with Gasteiger partial charge in [-0.3, -0.25) is 9.59 Å². The fourth-order valence-electron chi connectivity index (χ4n) is 1.58. The second-order valence-corrected chi connectivity index (χ2v) is 6.37. The fraction of sp³-hybridized carbons (Fsp3) is 0.500. The summed E-state index contributed by atoms with van der Waals surface area (Å²) in [4.78, 5) is 34.8. The van der Waals surface area contributed by atoms with Gasteiger partial charge in [-0.05, 0) is 38.6 Å². The topological polar surface area (TPSA) is 92.7 Å². The third kappa shape index (κ3) is 5.55. The Morgan fingerprint density at radius 3 is 2.38 bits per heavy atom. The van der Waals surface area contributed by atoms with Crippen molar-refractivity contribution in [1.82, 2.24) is 5.32 Å². The number of rotatable bonds is 5. The molecule has 0 fully saturated rings. The molecule has 0 saturated heterocycles. The first-order valence-corrected chi connectivity index (χ1v) is 7.32. The molecular formula is C14H19NO5S. The number of amides is 1. The van der Waals surface area contributed by atoms with E-state index >= 15 is 0 Å². The van der Waals surface area contributed by atoms with Crippen molar-refractivity contribution >= 4 is 29.2 Å². The van der Waals surface area contributed by atoms with E-state index in [-0.39, 0.29) is 0 Å². The second kappa shape index (κ2) is 6.71. The fourth-order valence-corrected chi connectivity index (χ4v) is 2.41.